The minimum absolute atomic E-state index is 0.191. The van der Waals surface area contributed by atoms with Crippen molar-refractivity contribution in [3.8, 4) is 11.3 Å². The Hall–Kier alpha value is -2.35. The summed E-state index contributed by atoms with van der Waals surface area (Å²) in [5.74, 6) is 0.154. The summed E-state index contributed by atoms with van der Waals surface area (Å²) in [6.45, 7) is 1.88. The number of alkyl halides is 3. The monoisotopic (exact) mass is 367 g/mol. The predicted octanol–water partition coefficient (Wildman–Crippen LogP) is 3.36. The second-order valence-corrected chi connectivity index (χ2v) is 6.37. The first-order valence-electron chi connectivity index (χ1n) is 8.45. The Balaban J connectivity index is 1.77. The third-order valence-corrected chi connectivity index (χ3v) is 4.40. The first-order chi connectivity index (χ1) is 12.3. The summed E-state index contributed by atoms with van der Waals surface area (Å²) in [6.07, 6.45) is -3.74. The van der Waals surface area contributed by atoms with Crippen LogP contribution in [-0.2, 0) is 0 Å². The molecule has 5 nitrogen and oxygen atoms in total. The van der Waals surface area contributed by atoms with Gasteiger partial charge in [0.25, 0.3) is 5.91 Å². The van der Waals surface area contributed by atoms with E-state index in [-0.39, 0.29) is 19.0 Å². The smallest absolute Gasteiger partial charge is 0.360 e. The normalized spacial score (nSPS) is 16.5. The molecule has 1 aliphatic heterocycles. The Labute approximate surface area is 149 Å². The third-order valence-electron chi connectivity index (χ3n) is 4.40. The molecule has 0 radical (unpaired) electrons. The fourth-order valence-corrected chi connectivity index (χ4v) is 3.16. The highest BCUT2D eigenvalue weighted by molar-refractivity contribution is 6.00. The highest BCUT2D eigenvalue weighted by Crippen LogP contribution is 2.27. The molecule has 0 bridgehead atoms. The minimum Gasteiger partial charge on any atom is -0.360 e. The van der Waals surface area contributed by atoms with Gasteiger partial charge in [0.05, 0.1) is 6.54 Å². The van der Waals surface area contributed by atoms with Crippen LogP contribution in [0.15, 0.2) is 34.9 Å². The van der Waals surface area contributed by atoms with E-state index < -0.39 is 12.7 Å². The molecular formula is C18H20F3N3O2. The Kier molecular flexibility index (Phi) is 5.31. The average Bonchev–Trinajstić information content (AvgIpc) is 2.82. The SMILES string of the molecule is Cc1onc(-c2ccccc2)c1C(=O)N1CCCN(CC(F)(F)F)CC1. The lowest BCUT2D eigenvalue weighted by molar-refractivity contribution is -0.145. The lowest BCUT2D eigenvalue weighted by atomic mass is 10.1. The van der Waals surface area contributed by atoms with Gasteiger partial charge in [-0.05, 0) is 13.3 Å². The maximum absolute atomic E-state index is 13.0. The van der Waals surface area contributed by atoms with E-state index in [9.17, 15) is 18.0 Å². The van der Waals surface area contributed by atoms with Crippen LogP contribution in [0.4, 0.5) is 13.2 Å². The molecule has 26 heavy (non-hydrogen) atoms. The number of halogens is 3. The Bertz CT molecular complexity index is 759. The summed E-state index contributed by atoms with van der Waals surface area (Å²) in [7, 11) is 0. The molecule has 8 heteroatoms. The van der Waals surface area contributed by atoms with Gasteiger partial charge in [0.1, 0.15) is 17.0 Å². The summed E-state index contributed by atoms with van der Waals surface area (Å²) >= 11 is 0. The van der Waals surface area contributed by atoms with Crippen LogP contribution in [0.3, 0.4) is 0 Å². The van der Waals surface area contributed by atoms with Crippen molar-refractivity contribution in [2.24, 2.45) is 0 Å². The molecule has 1 aromatic heterocycles. The number of amides is 1. The number of hydrogen-bond donors (Lipinski definition) is 0. The zero-order valence-electron chi connectivity index (χ0n) is 14.4. The molecule has 1 saturated heterocycles. The summed E-state index contributed by atoms with van der Waals surface area (Å²) in [4.78, 5) is 15.9. The van der Waals surface area contributed by atoms with Crippen LogP contribution in [0.1, 0.15) is 22.5 Å². The van der Waals surface area contributed by atoms with Crippen molar-refractivity contribution in [3.63, 3.8) is 0 Å². The summed E-state index contributed by atoms with van der Waals surface area (Å²) in [6, 6.07) is 9.22. The van der Waals surface area contributed by atoms with E-state index in [1.54, 1.807) is 11.8 Å². The maximum atomic E-state index is 13.0. The maximum Gasteiger partial charge on any atom is 0.401 e. The summed E-state index contributed by atoms with van der Waals surface area (Å²) in [5.41, 5.74) is 1.60. The Morgan fingerprint density at radius 1 is 1.15 bits per heavy atom. The molecule has 0 atom stereocenters. The highest BCUT2D eigenvalue weighted by Gasteiger charge is 2.33. The number of rotatable bonds is 3. The molecule has 1 aliphatic rings. The molecule has 0 aliphatic carbocycles. The molecule has 0 saturated carbocycles. The second-order valence-electron chi connectivity index (χ2n) is 6.37. The molecule has 0 spiro atoms. The number of nitrogens with zero attached hydrogens (tertiary/aromatic N) is 3. The van der Waals surface area contributed by atoms with Crippen LogP contribution in [0.5, 0.6) is 0 Å². The zero-order valence-corrected chi connectivity index (χ0v) is 14.4. The number of hydrogen-bond acceptors (Lipinski definition) is 4. The van der Waals surface area contributed by atoms with Gasteiger partial charge in [-0.3, -0.25) is 9.69 Å². The number of benzene rings is 1. The van der Waals surface area contributed by atoms with Crippen molar-refractivity contribution in [2.45, 2.75) is 19.5 Å². The zero-order chi connectivity index (χ0) is 18.7. The van der Waals surface area contributed by atoms with Crippen LogP contribution in [-0.4, -0.2) is 59.8 Å². The van der Waals surface area contributed by atoms with Crippen LogP contribution in [0.25, 0.3) is 11.3 Å². The highest BCUT2D eigenvalue weighted by atomic mass is 19.4. The van der Waals surface area contributed by atoms with Gasteiger partial charge >= 0.3 is 6.18 Å². The van der Waals surface area contributed by atoms with Crippen LogP contribution in [0, 0.1) is 6.92 Å². The van der Waals surface area contributed by atoms with E-state index >= 15 is 0 Å². The predicted molar refractivity (Wildman–Crippen MR) is 89.7 cm³/mol. The number of aryl methyl sites for hydroxylation is 1. The molecule has 0 unspecified atom stereocenters. The lowest BCUT2D eigenvalue weighted by Crippen LogP contribution is -2.38. The molecule has 140 valence electrons. The van der Waals surface area contributed by atoms with Gasteiger partial charge in [-0.2, -0.15) is 13.2 Å². The number of carbonyl (C=O) groups is 1. The van der Waals surface area contributed by atoms with Crippen LogP contribution in [0.2, 0.25) is 0 Å². The lowest BCUT2D eigenvalue weighted by Gasteiger charge is -2.22. The minimum atomic E-state index is -4.23. The molecule has 2 aromatic rings. The van der Waals surface area contributed by atoms with E-state index in [1.165, 1.54) is 4.90 Å². The topological polar surface area (TPSA) is 49.6 Å². The van der Waals surface area contributed by atoms with E-state index in [0.717, 1.165) is 5.56 Å². The van der Waals surface area contributed by atoms with Crippen LogP contribution < -0.4 is 0 Å². The van der Waals surface area contributed by atoms with E-state index in [2.05, 4.69) is 5.16 Å². The number of aromatic nitrogens is 1. The third kappa shape index (κ3) is 4.24. The molecule has 1 aromatic carbocycles. The van der Waals surface area contributed by atoms with Crippen molar-refractivity contribution in [2.75, 3.05) is 32.7 Å². The van der Waals surface area contributed by atoms with Gasteiger partial charge in [-0.1, -0.05) is 35.5 Å². The Morgan fingerprint density at radius 2 is 1.88 bits per heavy atom. The molecule has 2 heterocycles. The average molecular weight is 367 g/mol. The molecule has 1 fully saturated rings. The van der Waals surface area contributed by atoms with Crippen LogP contribution >= 0.6 is 0 Å². The van der Waals surface area contributed by atoms with E-state index in [4.69, 9.17) is 4.52 Å². The van der Waals surface area contributed by atoms with Gasteiger partial charge in [0.15, 0.2) is 0 Å². The second kappa shape index (κ2) is 7.49. The van der Waals surface area contributed by atoms with Crippen molar-refractivity contribution >= 4 is 5.91 Å². The fourth-order valence-electron chi connectivity index (χ4n) is 3.16. The largest absolute Gasteiger partial charge is 0.401 e. The first kappa shape index (κ1) is 18.4. The van der Waals surface area contributed by atoms with E-state index in [1.807, 2.05) is 30.3 Å². The van der Waals surface area contributed by atoms with Crippen molar-refractivity contribution < 1.29 is 22.5 Å². The molecular weight excluding hydrogens is 347 g/mol. The van der Waals surface area contributed by atoms with Gasteiger partial charge in [0.2, 0.25) is 0 Å². The van der Waals surface area contributed by atoms with Gasteiger partial charge in [-0.25, -0.2) is 0 Å². The molecule has 3 rings (SSSR count). The van der Waals surface area contributed by atoms with Gasteiger partial charge in [0, 0.05) is 31.7 Å². The molecule has 1 amide bonds. The Morgan fingerprint density at radius 3 is 2.58 bits per heavy atom. The summed E-state index contributed by atoms with van der Waals surface area (Å²) < 4.78 is 43.0. The fraction of sp³-hybridized carbons (Fsp3) is 0.444. The van der Waals surface area contributed by atoms with Crippen molar-refractivity contribution in [1.29, 1.82) is 0 Å². The number of carbonyl (C=O) groups excluding carboxylic acids is 1. The standard InChI is InChI=1S/C18H20F3N3O2/c1-13-15(16(22-26-13)14-6-3-2-4-7-14)17(25)24-9-5-8-23(10-11-24)12-18(19,20)21/h2-4,6-7H,5,8-12H2,1H3. The van der Waals surface area contributed by atoms with Crippen molar-refractivity contribution in [1.82, 2.24) is 15.0 Å². The van der Waals surface area contributed by atoms with Gasteiger partial charge in [-0.15, -0.1) is 0 Å². The van der Waals surface area contributed by atoms with Gasteiger partial charge < -0.3 is 9.42 Å². The first-order valence-corrected chi connectivity index (χ1v) is 8.45. The molecule has 0 N–H and O–H groups in total. The van der Waals surface area contributed by atoms with Crippen molar-refractivity contribution in [3.05, 3.63) is 41.7 Å². The summed E-state index contributed by atoms with van der Waals surface area (Å²) in [5, 5.41) is 4.01. The quantitative estimate of drug-likeness (QED) is 0.835. The van der Waals surface area contributed by atoms with E-state index in [0.29, 0.717) is 36.5 Å².